The summed E-state index contributed by atoms with van der Waals surface area (Å²) in [7, 11) is 0. The summed E-state index contributed by atoms with van der Waals surface area (Å²) in [4.78, 5) is 20.1. The first-order valence-electron chi connectivity index (χ1n) is 5.90. The number of fused-ring (bicyclic) bond motifs is 1. The van der Waals surface area contributed by atoms with Gasteiger partial charge in [0.05, 0.1) is 23.8 Å². The van der Waals surface area contributed by atoms with E-state index in [1.165, 1.54) is 6.20 Å². The van der Waals surface area contributed by atoms with Gasteiger partial charge in [0.1, 0.15) is 10.3 Å². The van der Waals surface area contributed by atoms with Crippen molar-refractivity contribution < 1.29 is 0 Å². The summed E-state index contributed by atoms with van der Waals surface area (Å²) in [5.74, 6) is 0. The van der Waals surface area contributed by atoms with Gasteiger partial charge in [0.25, 0.3) is 5.56 Å². The summed E-state index contributed by atoms with van der Waals surface area (Å²) in [5.41, 5.74) is 2.06. The minimum Gasteiger partial charge on any atom is -0.301 e. The van der Waals surface area contributed by atoms with Gasteiger partial charge in [0.2, 0.25) is 0 Å². The number of hydrogen-bond donors (Lipinski definition) is 0. The third-order valence-electron chi connectivity index (χ3n) is 2.97. The molecule has 0 aliphatic heterocycles. The fourth-order valence-corrected chi connectivity index (χ4v) is 2.41. The maximum absolute atomic E-state index is 12.0. The zero-order chi connectivity index (χ0) is 14.1. The molecule has 0 fully saturated rings. The molecule has 100 valence electrons. The highest BCUT2D eigenvalue weighted by atomic mass is 35.5. The average molecular weight is 306 g/mol. The molecule has 0 spiro atoms. The van der Waals surface area contributed by atoms with Crippen molar-refractivity contribution >= 4 is 34.2 Å². The van der Waals surface area contributed by atoms with E-state index >= 15 is 0 Å². The standard InChI is InChI=1S/C14H9Cl2N3O/c15-12-6-5-9(14(16)18-12)8-19-11-4-2-1-3-10(11)17-7-13(19)20/h1-7H,8H2. The van der Waals surface area contributed by atoms with Crippen LogP contribution >= 0.6 is 23.2 Å². The van der Waals surface area contributed by atoms with Crippen molar-refractivity contribution in [2.45, 2.75) is 6.54 Å². The minimum atomic E-state index is -0.185. The molecule has 0 aliphatic carbocycles. The number of para-hydroxylation sites is 2. The third kappa shape index (κ3) is 2.40. The Hall–Kier alpha value is -1.91. The largest absolute Gasteiger partial charge is 0.301 e. The van der Waals surface area contributed by atoms with Crippen molar-refractivity contribution in [1.29, 1.82) is 0 Å². The Kier molecular flexibility index (Phi) is 3.42. The first-order valence-corrected chi connectivity index (χ1v) is 6.66. The first-order chi connectivity index (χ1) is 9.65. The minimum absolute atomic E-state index is 0.185. The van der Waals surface area contributed by atoms with E-state index in [1.54, 1.807) is 16.7 Å². The van der Waals surface area contributed by atoms with E-state index in [1.807, 2.05) is 24.3 Å². The highest BCUT2D eigenvalue weighted by molar-refractivity contribution is 6.32. The Morgan fingerprint density at radius 1 is 1.10 bits per heavy atom. The number of halogens is 2. The molecule has 0 radical (unpaired) electrons. The summed E-state index contributed by atoms with van der Waals surface area (Å²) >= 11 is 11.8. The van der Waals surface area contributed by atoms with Crippen molar-refractivity contribution in [3.05, 3.63) is 68.8 Å². The Bertz CT molecular complexity index is 845. The Labute approximate surface area is 124 Å². The van der Waals surface area contributed by atoms with Crippen LogP contribution in [-0.2, 0) is 6.54 Å². The molecule has 0 bridgehead atoms. The second-order valence-electron chi connectivity index (χ2n) is 4.26. The fourth-order valence-electron chi connectivity index (χ4n) is 2.01. The predicted octanol–water partition coefficient (Wildman–Crippen LogP) is 3.15. The van der Waals surface area contributed by atoms with Crippen LogP contribution in [-0.4, -0.2) is 14.5 Å². The Balaban J connectivity index is 2.15. The quantitative estimate of drug-likeness (QED) is 0.683. The SMILES string of the molecule is O=c1cnc2ccccc2n1Cc1ccc(Cl)nc1Cl. The Morgan fingerprint density at radius 3 is 2.70 bits per heavy atom. The molecule has 4 nitrogen and oxygen atoms in total. The molecule has 2 aromatic heterocycles. The van der Waals surface area contributed by atoms with Crippen molar-refractivity contribution in [3.8, 4) is 0 Å². The van der Waals surface area contributed by atoms with Gasteiger partial charge in [-0.3, -0.25) is 4.79 Å². The van der Waals surface area contributed by atoms with Crippen LogP contribution in [0.2, 0.25) is 10.3 Å². The summed E-state index contributed by atoms with van der Waals surface area (Å²) in [6.45, 7) is 0.324. The molecule has 2 heterocycles. The van der Waals surface area contributed by atoms with Gasteiger partial charge in [-0.15, -0.1) is 0 Å². The van der Waals surface area contributed by atoms with Gasteiger partial charge in [0, 0.05) is 5.56 Å². The van der Waals surface area contributed by atoms with Crippen LogP contribution in [0.5, 0.6) is 0 Å². The molecule has 6 heteroatoms. The van der Waals surface area contributed by atoms with Gasteiger partial charge in [-0.1, -0.05) is 41.4 Å². The molecule has 0 amide bonds. The van der Waals surface area contributed by atoms with Gasteiger partial charge in [-0.05, 0) is 18.2 Å². The number of benzene rings is 1. The molecule has 20 heavy (non-hydrogen) atoms. The van der Waals surface area contributed by atoms with Crippen LogP contribution in [0.3, 0.4) is 0 Å². The number of aromatic nitrogens is 3. The molecular formula is C14H9Cl2N3O. The zero-order valence-corrected chi connectivity index (χ0v) is 11.8. The van der Waals surface area contributed by atoms with Crippen LogP contribution in [0, 0.1) is 0 Å². The Morgan fingerprint density at radius 2 is 1.90 bits per heavy atom. The highest BCUT2D eigenvalue weighted by Crippen LogP contribution is 2.18. The first kappa shape index (κ1) is 13.1. The van der Waals surface area contributed by atoms with E-state index in [0.717, 1.165) is 16.6 Å². The second kappa shape index (κ2) is 5.23. The number of pyridine rings is 1. The summed E-state index contributed by atoms with van der Waals surface area (Å²) < 4.78 is 1.61. The molecule has 0 saturated carbocycles. The molecule has 1 aromatic carbocycles. The normalized spacial score (nSPS) is 10.9. The van der Waals surface area contributed by atoms with Crippen LogP contribution in [0.1, 0.15) is 5.56 Å². The van der Waals surface area contributed by atoms with Crippen molar-refractivity contribution in [3.63, 3.8) is 0 Å². The maximum atomic E-state index is 12.0. The van der Waals surface area contributed by atoms with Crippen LogP contribution in [0.25, 0.3) is 11.0 Å². The van der Waals surface area contributed by atoms with E-state index in [0.29, 0.717) is 16.9 Å². The zero-order valence-electron chi connectivity index (χ0n) is 10.3. The average Bonchev–Trinajstić information content (AvgIpc) is 2.44. The van der Waals surface area contributed by atoms with E-state index in [-0.39, 0.29) is 5.56 Å². The molecule has 0 atom stereocenters. The highest BCUT2D eigenvalue weighted by Gasteiger charge is 2.08. The molecular weight excluding hydrogens is 297 g/mol. The van der Waals surface area contributed by atoms with Crippen LogP contribution in [0.15, 0.2) is 47.4 Å². The van der Waals surface area contributed by atoms with E-state index in [4.69, 9.17) is 23.2 Å². The monoisotopic (exact) mass is 305 g/mol. The second-order valence-corrected chi connectivity index (χ2v) is 5.00. The van der Waals surface area contributed by atoms with Crippen molar-refractivity contribution in [2.75, 3.05) is 0 Å². The van der Waals surface area contributed by atoms with E-state index in [9.17, 15) is 4.79 Å². The molecule has 0 N–H and O–H groups in total. The third-order valence-corrected chi connectivity index (χ3v) is 3.51. The maximum Gasteiger partial charge on any atom is 0.269 e. The molecule has 0 unspecified atom stereocenters. The molecule has 0 saturated heterocycles. The summed E-state index contributed by atoms with van der Waals surface area (Å²) in [6, 6.07) is 10.9. The smallest absolute Gasteiger partial charge is 0.269 e. The van der Waals surface area contributed by atoms with Crippen LogP contribution in [0.4, 0.5) is 0 Å². The number of rotatable bonds is 2. The summed E-state index contributed by atoms with van der Waals surface area (Å²) in [5, 5.41) is 0.621. The number of hydrogen-bond acceptors (Lipinski definition) is 3. The van der Waals surface area contributed by atoms with Crippen LogP contribution < -0.4 is 5.56 Å². The molecule has 0 aliphatic rings. The van der Waals surface area contributed by atoms with Crippen molar-refractivity contribution in [1.82, 2.24) is 14.5 Å². The lowest BCUT2D eigenvalue weighted by Crippen LogP contribution is -2.21. The van der Waals surface area contributed by atoms with E-state index in [2.05, 4.69) is 9.97 Å². The van der Waals surface area contributed by atoms with Gasteiger partial charge in [0.15, 0.2) is 0 Å². The summed E-state index contributed by atoms with van der Waals surface area (Å²) in [6.07, 6.45) is 1.31. The lowest BCUT2D eigenvalue weighted by molar-refractivity contribution is 0.783. The van der Waals surface area contributed by atoms with Gasteiger partial charge >= 0.3 is 0 Å². The number of nitrogens with zero attached hydrogens (tertiary/aromatic N) is 3. The van der Waals surface area contributed by atoms with Gasteiger partial charge < -0.3 is 4.57 Å². The lowest BCUT2D eigenvalue weighted by Gasteiger charge is -2.10. The topological polar surface area (TPSA) is 47.8 Å². The fraction of sp³-hybridized carbons (Fsp3) is 0.0714. The van der Waals surface area contributed by atoms with E-state index < -0.39 is 0 Å². The molecule has 3 rings (SSSR count). The van der Waals surface area contributed by atoms with Gasteiger partial charge in [-0.2, -0.15) is 0 Å². The molecule has 3 aromatic rings. The lowest BCUT2D eigenvalue weighted by atomic mass is 10.2. The predicted molar refractivity (Wildman–Crippen MR) is 79.4 cm³/mol. The van der Waals surface area contributed by atoms with Gasteiger partial charge in [-0.25, -0.2) is 9.97 Å². The van der Waals surface area contributed by atoms with Crippen molar-refractivity contribution in [2.24, 2.45) is 0 Å².